The van der Waals surface area contributed by atoms with Crippen LogP contribution < -0.4 is 5.32 Å². The van der Waals surface area contributed by atoms with Crippen molar-refractivity contribution < 1.29 is 0 Å². The molecular weight excluding hydrogens is 258 g/mol. The first-order chi connectivity index (χ1) is 9.26. The molecule has 1 N–H and O–H groups in total. The van der Waals surface area contributed by atoms with Crippen molar-refractivity contribution in [2.75, 3.05) is 26.2 Å². The van der Waals surface area contributed by atoms with Gasteiger partial charge in [-0.3, -0.25) is 4.90 Å². The van der Waals surface area contributed by atoms with Gasteiger partial charge >= 0.3 is 0 Å². The number of halogens is 1. The van der Waals surface area contributed by atoms with Crippen LogP contribution in [0, 0.1) is 5.41 Å². The van der Waals surface area contributed by atoms with Gasteiger partial charge in [0.1, 0.15) is 5.15 Å². The van der Waals surface area contributed by atoms with Crippen LogP contribution in [0.3, 0.4) is 0 Å². The summed E-state index contributed by atoms with van der Waals surface area (Å²) in [6.45, 7) is 5.84. The van der Waals surface area contributed by atoms with Gasteiger partial charge in [0.05, 0.1) is 0 Å². The second kappa shape index (κ2) is 5.78. The maximum atomic E-state index is 5.84. The standard InChI is InChI=1S/C15H22ClN3/c16-14-4-3-13(9-18-14)10-19-8-2-6-15(12-19)5-1-7-17-11-15/h3-4,9,17H,1-2,5-8,10-12H2. The number of piperidine rings is 2. The van der Waals surface area contributed by atoms with Gasteiger partial charge in [0.25, 0.3) is 0 Å². The van der Waals surface area contributed by atoms with Gasteiger partial charge in [-0.15, -0.1) is 0 Å². The summed E-state index contributed by atoms with van der Waals surface area (Å²) in [4.78, 5) is 6.76. The Kier molecular flexibility index (Phi) is 4.06. The van der Waals surface area contributed by atoms with Crippen molar-refractivity contribution in [2.45, 2.75) is 32.2 Å². The molecule has 1 unspecified atom stereocenters. The van der Waals surface area contributed by atoms with Gasteiger partial charge in [-0.2, -0.15) is 0 Å². The minimum atomic E-state index is 0.524. The Bertz CT molecular complexity index is 406. The molecule has 0 aliphatic carbocycles. The highest BCUT2D eigenvalue weighted by Gasteiger charge is 2.36. The largest absolute Gasteiger partial charge is 0.316 e. The fourth-order valence-corrected chi connectivity index (χ4v) is 3.69. The van der Waals surface area contributed by atoms with Crippen molar-refractivity contribution in [3.05, 3.63) is 29.0 Å². The van der Waals surface area contributed by atoms with E-state index in [2.05, 4.69) is 21.3 Å². The summed E-state index contributed by atoms with van der Waals surface area (Å²) >= 11 is 5.84. The molecule has 19 heavy (non-hydrogen) atoms. The Balaban J connectivity index is 1.63. The Morgan fingerprint density at radius 1 is 1.32 bits per heavy atom. The van der Waals surface area contributed by atoms with E-state index in [-0.39, 0.29) is 0 Å². The zero-order chi connectivity index (χ0) is 13.1. The van der Waals surface area contributed by atoms with Crippen LogP contribution in [0.1, 0.15) is 31.2 Å². The molecule has 0 saturated carbocycles. The number of likely N-dealkylation sites (tertiary alicyclic amines) is 1. The molecule has 3 nitrogen and oxygen atoms in total. The molecule has 0 bridgehead atoms. The van der Waals surface area contributed by atoms with Crippen molar-refractivity contribution in [3.8, 4) is 0 Å². The van der Waals surface area contributed by atoms with Crippen LogP contribution in [-0.2, 0) is 6.54 Å². The van der Waals surface area contributed by atoms with E-state index >= 15 is 0 Å². The highest BCUT2D eigenvalue weighted by molar-refractivity contribution is 6.29. The molecule has 1 atom stereocenters. The lowest BCUT2D eigenvalue weighted by atomic mass is 9.74. The van der Waals surface area contributed by atoms with Gasteiger partial charge in [-0.25, -0.2) is 4.98 Å². The lowest BCUT2D eigenvalue weighted by molar-refractivity contribution is 0.0600. The van der Waals surface area contributed by atoms with E-state index in [4.69, 9.17) is 11.6 Å². The van der Waals surface area contributed by atoms with E-state index in [0.29, 0.717) is 10.6 Å². The van der Waals surface area contributed by atoms with Gasteiger partial charge in [-0.05, 0) is 55.8 Å². The summed E-state index contributed by atoms with van der Waals surface area (Å²) < 4.78 is 0. The Labute approximate surface area is 120 Å². The van der Waals surface area contributed by atoms with Crippen molar-refractivity contribution in [1.82, 2.24) is 15.2 Å². The monoisotopic (exact) mass is 279 g/mol. The molecule has 0 amide bonds. The molecule has 0 radical (unpaired) electrons. The molecule has 3 rings (SSSR count). The maximum Gasteiger partial charge on any atom is 0.129 e. The third-order valence-electron chi connectivity index (χ3n) is 4.50. The van der Waals surface area contributed by atoms with Crippen molar-refractivity contribution in [1.29, 1.82) is 0 Å². The van der Waals surface area contributed by atoms with Crippen molar-refractivity contribution >= 4 is 11.6 Å². The van der Waals surface area contributed by atoms with E-state index < -0.39 is 0 Å². The molecule has 4 heteroatoms. The van der Waals surface area contributed by atoms with E-state index in [1.165, 1.54) is 57.4 Å². The highest BCUT2D eigenvalue weighted by atomic mass is 35.5. The van der Waals surface area contributed by atoms with Crippen LogP contribution in [-0.4, -0.2) is 36.1 Å². The molecule has 1 aromatic heterocycles. The van der Waals surface area contributed by atoms with Crippen LogP contribution >= 0.6 is 11.6 Å². The Hall–Kier alpha value is -0.640. The van der Waals surface area contributed by atoms with Crippen molar-refractivity contribution in [3.63, 3.8) is 0 Å². The lowest BCUT2D eigenvalue weighted by Crippen LogP contribution is -2.50. The fraction of sp³-hybridized carbons (Fsp3) is 0.667. The number of nitrogens with zero attached hydrogens (tertiary/aromatic N) is 2. The van der Waals surface area contributed by atoms with Crippen LogP contribution in [0.5, 0.6) is 0 Å². The van der Waals surface area contributed by atoms with Crippen LogP contribution in [0.15, 0.2) is 18.3 Å². The molecule has 104 valence electrons. The molecule has 3 heterocycles. The third-order valence-corrected chi connectivity index (χ3v) is 4.72. The number of aromatic nitrogens is 1. The smallest absolute Gasteiger partial charge is 0.129 e. The minimum absolute atomic E-state index is 0.524. The van der Waals surface area contributed by atoms with E-state index in [0.717, 1.165) is 6.54 Å². The summed E-state index contributed by atoms with van der Waals surface area (Å²) in [6.07, 6.45) is 7.33. The zero-order valence-electron chi connectivity index (χ0n) is 11.4. The van der Waals surface area contributed by atoms with E-state index in [9.17, 15) is 0 Å². The first-order valence-electron chi connectivity index (χ1n) is 7.29. The second-order valence-electron chi connectivity index (χ2n) is 6.08. The quantitative estimate of drug-likeness (QED) is 0.844. The average molecular weight is 280 g/mol. The Morgan fingerprint density at radius 2 is 2.21 bits per heavy atom. The number of pyridine rings is 1. The minimum Gasteiger partial charge on any atom is -0.316 e. The summed E-state index contributed by atoms with van der Waals surface area (Å²) in [6, 6.07) is 3.98. The molecule has 1 spiro atoms. The van der Waals surface area contributed by atoms with Crippen molar-refractivity contribution in [2.24, 2.45) is 5.41 Å². The molecule has 0 aromatic carbocycles. The predicted octanol–water partition coefficient (Wildman–Crippen LogP) is 2.70. The number of hydrogen-bond donors (Lipinski definition) is 1. The molecule has 2 aliphatic rings. The molecular formula is C15H22ClN3. The maximum absolute atomic E-state index is 5.84. The molecule has 1 aromatic rings. The Morgan fingerprint density at radius 3 is 2.95 bits per heavy atom. The topological polar surface area (TPSA) is 28.2 Å². The van der Waals surface area contributed by atoms with Gasteiger partial charge in [0.15, 0.2) is 0 Å². The van der Waals surface area contributed by atoms with Crippen LogP contribution in [0.25, 0.3) is 0 Å². The highest BCUT2D eigenvalue weighted by Crippen LogP contribution is 2.36. The summed E-state index contributed by atoms with van der Waals surface area (Å²) in [5.41, 5.74) is 1.79. The first-order valence-corrected chi connectivity index (χ1v) is 7.67. The number of hydrogen-bond acceptors (Lipinski definition) is 3. The van der Waals surface area contributed by atoms with Gasteiger partial charge < -0.3 is 5.32 Å². The summed E-state index contributed by atoms with van der Waals surface area (Å²) in [7, 11) is 0. The fourth-order valence-electron chi connectivity index (χ4n) is 3.58. The predicted molar refractivity (Wildman–Crippen MR) is 78.3 cm³/mol. The zero-order valence-corrected chi connectivity index (χ0v) is 12.1. The van der Waals surface area contributed by atoms with Gasteiger partial charge in [0, 0.05) is 25.8 Å². The second-order valence-corrected chi connectivity index (χ2v) is 6.47. The van der Waals surface area contributed by atoms with Crippen LogP contribution in [0.4, 0.5) is 0 Å². The summed E-state index contributed by atoms with van der Waals surface area (Å²) in [5, 5.41) is 4.16. The lowest BCUT2D eigenvalue weighted by Gasteiger charge is -2.45. The van der Waals surface area contributed by atoms with Gasteiger partial charge in [-0.1, -0.05) is 17.7 Å². The van der Waals surface area contributed by atoms with Gasteiger partial charge in [0.2, 0.25) is 0 Å². The van der Waals surface area contributed by atoms with E-state index in [1.54, 1.807) is 0 Å². The molecule has 2 aliphatic heterocycles. The SMILES string of the molecule is Clc1ccc(CN2CCCC3(CCCNC3)C2)cn1. The number of nitrogens with one attached hydrogen (secondary N) is 1. The molecule has 2 saturated heterocycles. The first kappa shape index (κ1) is 13.3. The number of rotatable bonds is 2. The van der Waals surface area contributed by atoms with E-state index in [1.807, 2.05) is 12.3 Å². The summed E-state index contributed by atoms with van der Waals surface area (Å²) in [5.74, 6) is 0. The third kappa shape index (κ3) is 3.28. The normalized spacial score (nSPS) is 28.7. The average Bonchev–Trinajstić information content (AvgIpc) is 2.42. The molecule has 2 fully saturated rings. The van der Waals surface area contributed by atoms with Crippen LogP contribution in [0.2, 0.25) is 5.15 Å².